The van der Waals surface area contributed by atoms with Crippen LogP contribution in [0.15, 0.2) is 60.7 Å². The van der Waals surface area contributed by atoms with Gasteiger partial charge in [0, 0.05) is 11.3 Å². The molecule has 2 N–H and O–H groups in total. The molecule has 3 aromatic carbocycles. The minimum absolute atomic E-state index is 0.169. The summed E-state index contributed by atoms with van der Waals surface area (Å²) in [6.45, 7) is 1.97. The van der Waals surface area contributed by atoms with E-state index in [1.807, 2.05) is 72.2 Å². The number of amides is 1. The Labute approximate surface area is 166 Å². The summed E-state index contributed by atoms with van der Waals surface area (Å²) < 4.78 is 1.98. The molecule has 0 bridgehead atoms. The van der Waals surface area contributed by atoms with Gasteiger partial charge < -0.3 is 10.6 Å². The van der Waals surface area contributed by atoms with E-state index >= 15 is 0 Å². The first-order valence-corrected chi connectivity index (χ1v) is 9.45. The van der Waals surface area contributed by atoms with E-state index in [-0.39, 0.29) is 5.91 Å². The number of aromatic nitrogens is 2. The summed E-state index contributed by atoms with van der Waals surface area (Å²) in [4.78, 5) is 18.4. The fraction of sp³-hybridized carbons (Fsp3) is 0.0909. The molecule has 1 atom stereocenters. The molecule has 2 aliphatic heterocycles. The molecule has 3 heterocycles. The second-order valence-electron chi connectivity index (χ2n) is 7.21. The topological polar surface area (TPSA) is 59.0 Å². The number of imidazole rings is 1. The van der Waals surface area contributed by atoms with Crippen LogP contribution in [0.4, 0.5) is 11.4 Å². The Morgan fingerprint density at radius 3 is 2.71 bits per heavy atom. The van der Waals surface area contributed by atoms with Gasteiger partial charge in [-0.25, -0.2) is 4.98 Å². The van der Waals surface area contributed by atoms with Crippen LogP contribution in [0.5, 0.6) is 0 Å². The van der Waals surface area contributed by atoms with Crippen LogP contribution in [-0.2, 0) is 10.5 Å². The molecule has 6 rings (SSSR count). The maximum Gasteiger partial charge on any atom is 0.276 e. The number of para-hydroxylation sites is 3. The van der Waals surface area contributed by atoms with Crippen molar-refractivity contribution in [3.63, 3.8) is 0 Å². The highest BCUT2D eigenvalue weighted by Gasteiger charge is 2.54. The third-order valence-electron chi connectivity index (χ3n) is 5.67. The number of anilines is 2. The number of halogens is 1. The van der Waals surface area contributed by atoms with E-state index in [2.05, 4.69) is 10.6 Å². The average Bonchev–Trinajstić information content (AvgIpc) is 3.23. The zero-order valence-electron chi connectivity index (χ0n) is 15.0. The Morgan fingerprint density at radius 2 is 1.82 bits per heavy atom. The van der Waals surface area contributed by atoms with E-state index in [0.717, 1.165) is 44.9 Å². The van der Waals surface area contributed by atoms with Crippen molar-refractivity contribution in [2.24, 2.45) is 0 Å². The summed E-state index contributed by atoms with van der Waals surface area (Å²) in [5, 5.41) is 7.10. The Bertz CT molecular complexity index is 1330. The van der Waals surface area contributed by atoms with Gasteiger partial charge in [0.1, 0.15) is 5.82 Å². The molecule has 0 radical (unpaired) electrons. The molecule has 0 saturated heterocycles. The second-order valence-corrected chi connectivity index (χ2v) is 7.62. The quantitative estimate of drug-likeness (QED) is 0.458. The molecule has 5 nitrogen and oxygen atoms in total. The van der Waals surface area contributed by atoms with Crippen molar-refractivity contribution in [2.75, 3.05) is 10.6 Å². The third-order valence-corrected chi connectivity index (χ3v) is 5.99. The Balaban J connectivity index is 1.82. The molecule has 1 amide bonds. The van der Waals surface area contributed by atoms with E-state index in [0.29, 0.717) is 5.02 Å². The van der Waals surface area contributed by atoms with Crippen molar-refractivity contribution in [2.45, 2.75) is 12.6 Å². The average molecular weight is 387 g/mol. The minimum Gasteiger partial charge on any atom is -0.350 e. The predicted octanol–water partition coefficient (Wildman–Crippen LogP) is 4.74. The highest BCUT2D eigenvalue weighted by molar-refractivity contribution is 6.33. The molecule has 0 saturated carbocycles. The molecule has 136 valence electrons. The number of hydrogen-bond acceptors (Lipinski definition) is 3. The molecule has 28 heavy (non-hydrogen) atoms. The van der Waals surface area contributed by atoms with Crippen LogP contribution in [-0.4, -0.2) is 15.5 Å². The van der Waals surface area contributed by atoms with Crippen LogP contribution in [0.25, 0.3) is 22.4 Å². The van der Waals surface area contributed by atoms with Crippen LogP contribution in [0.3, 0.4) is 0 Å². The van der Waals surface area contributed by atoms with Gasteiger partial charge in [0.2, 0.25) is 5.66 Å². The molecular weight excluding hydrogens is 372 g/mol. The minimum atomic E-state index is -1.20. The van der Waals surface area contributed by atoms with Crippen LogP contribution in [0, 0.1) is 6.92 Å². The summed E-state index contributed by atoms with van der Waals surface area (Å²) in [5.74, 6) is 0.578. The first-order valence-electron chi connectivity index (χ1n) is 9.08. The Morgan fingerprint density at radius 1 is 1.04 bits per heavy atom. The number of rotatable bonds is 0. The van der Waals surface area contributed by atoms with Gasteiger partial charge in [0.05, 0.1) is 27.3 Å². The van der Waals surface area contributed by atoms with Crippen LogP contribution in [0.2, 0.25) is 5.02 Å². The van der Waals surface area contributed by atoms with E-state index in [4.69, 9.17) is 16.6 Å². The fourth-order valence-corrected chi connectivity index (χ4v) is 4.72. The van der Waals surface area contributed by atoms with Gasteiger partial charge in [0.25, 0.3) is 5.91 Å². The zero-order valence-corrected chi connectivity index (χ0v) is 15.7. The molecule has 1 unspecified atom stereocenters. The fourth-order valence-electron chi connectivity index (χ4n) is 4.43. The van der Waals surface area contributed by atoms with Crippen LogP contribution in [0.1, 0.15) is 11.1 Å². The number of nitrogens with zero attached hydrogens (tertiary/aromatic N) is 2. The molecule has 0 fully saturated rings. The molecule has 4 aromatic rings. The van der Waals surface area contributed by atoms with Gasteiger partial charge in [-0.05, 0) is 42.8 Å². The van der Waals surface area contributed by atoms with Crippen molar-refractivity contribution in [3.8, 4) is 11.4 Å². The zero-order chi connectivity index (χ0) is 19.0. The maximum atomic E-state index is 13.5. The van der Waals surface area contributed by atoms with E-state index in [9.17, 15) is 4.79 Å². The molecule has 0 aliphatic carbocycles. The Kier molecular flexibility index (Phi) is 2.89. The highest BCUT2D eigenvalue weighted by atomic mass is 35.5. The lowest BCUT2D eigenvalue weighted by molar-refractivity contribution is -0.120. The van der Waals surface area contributed by atoms with E-state index < -0.39 is 5.66 Å². The van der Waals surface area contributed by atoms with E-state index in [1.54, 1.807) is 0 Å². The molecule has 1 spiro atoms. The van der Waals surface area contributed by atoms with Crippen LogP contribution >= 0.6 is 11.6 Å². The third kappa shape index (κ3) is 1.72. The van der Waals surface area contributed by atoms with Gasteiger partial charge in [0.15, 0.2) is 0 Å². The number of nitrogens with one attached hydrogen (secondary N) is 2. The number of hydrogen-bond donors (Lipinski definition) is 2. The first-order chi connectivity index (χ1) is 13.6. The summed E-state index contributed by atoms with van der Waals surface area (Å²) >= 11 is 6.68. The summed E-state index contributed by atoms with van der Waals surface area (Å²) in [6, 6.07) is 19.5. The smallest absolute Gasteiger partial charge is 0.276 e. The number of benzene rings is 3. The van der Waals surface area contributed by atoms with Gasteiger partial charge in [-0.1, -0.05) is 41.9 Å². The Hall–Kier alpha value is -3.31. The highest BCUT2D eigenvalue weighted by Crippen LogP contribution is 2.51. The molecule has 2 aliphatic rings. The largest absolute Gasteiger partial charge is 0.350 e. The van der Waals surface area contributed by atoms with Gasteiger partial charge >= 0.3 is 0 Å². The standard InChI is InChI=1S/C22H15ClN4O/c1-12-10-11-14(23)18-19(12)25-21(28)22(18)26-15-7-3-2-6-13(15)20-24-16-8-4-5-9-17(16)27(20)22/h2-11,26H,1H3,(H,25,28). The van der Waals surface area contributed by atoms with E-state index in [1.165, 1.54) is 0 Å². The van der Waals surface area contributed by atoms with Crippen molar-refractivity contribution in [3.05, 3.63) is 76.8 Å². The van der Waals surface area contributed by atoms with Crippen molar-refractivity contribution >= 4 is 39.9 Å². The summed E-state index contributed by atoms with van der Waals surface area (Å²) in [5.41, 5.74) is 4.78. The van der Waals surface area contributed by atoms with Crippen molar-refractivity contribution in [1.29, 1.82) is 0 Å². The molecule has 6 heteroatoms. The maximum absolute atomic E-state index is 13.5. The van der Waals surface area contributed by atoms with Gasteiger partial charge in [-0.15, -0.1) is 0 Å². The number of aryl methyl sites for hydroxylation is 1. The lowest BCUT2D eigenvalue weighted by Gasteiger charge is -2.38. The van der Waals surface area contributed by atoms with Gasteiger partial charge in [-0.3, -0.25) is 9.36 Å². The SMILES string of the molecule is Cc1ccc(Cl)c2c1NC(=O)C21Nc2ccccc2-c2nc3ccccc3n21. The van der Waals surface area contributed by atoms with Gasteiger partial charge in [-0.2, -0.15) is 0 Å². The summed E-state index contributed by atoms with van der Waals surface area (Å²) in [6.07, 6.45) is 0. The lowest BCUT2D eigenvalue weighted by Crippen LogP contribution is -2.50. The van der Waals surface area contributed by atoms with Crippen molar-refractivity contribution < 1.29 is 4.79 Å². The van der Waals surface area contributed by atoms with Crippen LogP contribution < -0.4 is 10.6 Å². The number of carbonyl (C=O) groups is 1. The molecule has 1 aromatic heterocycles. The second kappa shape index (κ2) is 5.14. The number of carbonyl (C=O) groups excluding carboxylic acids is 1. The lowest BCUT2D eigenvalue weighted by atomic mass is 9.94. The monoisotopic (exact) mass is 386 g/mol. The predicted molar refractivity (Wildman–Crippen MR) is 111 cm³/mol. The summed E-state index contributed by atoms with van der Waals surface area (Å²) in [7, 11) is 0. The normalized spacial score (nSPS) is 19.1. The van der Waals surface area contributed by atoms with Crippen molar-refractivity contribution in [1.82, 2.24) is 9.55 Å². The first kappa shape index (κ1) is 15.7. The number of fused-ring (bicyclic) bond motifs is 8. The molecular formula is C22H15ClN4O.